The van der Waals surface area contributed by atoms with Gasteiger partial charge in [0, 0.05) is 10.5 Å². The number of benzene rings is 2. The van der Waals surface area contributed by atoms with Crippen molar-refractivity contribution in [2.75, 3.05) is 7.11 Å². The zero-order valence-corrected chi connectivity index (χ0v) is 12.5. The van der Waals surface area contributed by atoms with Crippen LogP contribution in [0.25, 0.3) is 6.08 Å². The van der Waals surface area contributed by atoms with Crippen LogP contribution in [0.5, 0.6) is 11.5 Å². The van der Waals surface area contributed by atoms with Crippen molar-refractivity contribution in [3.05, 3.63) is 64.6 Å². The standard InChI is InChI=1S/C16H13BrO3/c1-19-14-7-2-12(3-8-14)4-11-16(18)20-15-9-5-13(17)6-10-15/h2-11H,1H3. The molecule has 0 unspecified atom stereocenters. The van der Waals surface area contributed by atoms with Gasteiger partial charge in [0.2, 0.25) is 0 Å². The SMILES string of the molecule is COc1ccc(C=CC(=O)Oc2ccc(Br)cc2)cc1. The van der Waals surface area contributed by atoms with Crippen LogP contribution < -0.4 is 9.47 Å². The highest BCUT2D eigenvalue weighted by Crippen LogP contribution is 2.16. The maximum Gasteiger partial charge on any atom is 0.336 e. The zero-order valence-electron chi connectivity index (χ0n) is 10.9. The smallest absolute Gasteiger partial charge is 0.336 e. The topological polar surface area (TPSA) is 35.5 Å². The maximum atomic E-state index is 11.6. The Morgan fingerprint density at radius 1 is 1.00 bits per heavy atom. The first-order valence-electron chi connectivity index (χ1n) is 5.97. The third kappa shape index (κ3) is 4.24. The van der Waals surface area contributed by atoms with Crippen LogP contribution in [-0.2, 0) is 4.79 Å². The number of ether oxygens (including phenoxy) is 2. The Balaban J connectivity index is 1.96. The molecular formula is C16H13BrO3. The second-order valence-electron chi connectivity index (χ2n) is 3.98. The molecule has 0 radical (unpaired) electrons. The molecule has 0 aromatic heterocycles. The monoisotopic (exact) mass is 332 g/mol. The highest BCUT2D eigenvalue weighted by molar-refractivity contribution is 9.10. The lowest BCUT2D eigenvalue weighted by Crippen LogP contribution is -2.03. The fourth-order valence-corrected chi connectivity index (χ4v) is 1.80. The van der Waals surface area contributed by atoms with Crippen LogP contribution in [0.15, 0.2) is 59.1 Å². The van der Waals surface area contributed by atoms with E-state index in [1.165, 1.54) is 6.08 Å². The van der Waals surface area contributed by atoms with Crippen molar-refractivity contribution in [3.63, 3.8) is 0 Å². The molecule has 0 aliphatic carbocycles. The Morgan fingerprint density at radius 3 is 2.20 bits per heavy atom. The van der Waals surface area contributed by atoms with Gasteiger partial charge in [-0.15, -0.1) is 0 Å². The van der Waals surface area contributed by atoms with Crippen molar-refractivity contribution in [3.8, 4) is 11.5 Å². The molecular weight excluding hydrogens is 320 g/mol. The number of esters is 1. The van der Waals surface area contributed by atoms with Crippen molar-refractivity contribution in [2.45, 2.75) is 0 Å². The van der Waals surface area contributed by atoms with Crippen LogP contribution in [0.1, 0.15) is 5.56 Å². The summed E-state index contributed by atoms with van der Waals surface area (Å²) in [7, 11) is 1.61. The Hall–Kier alpha value is -2.07. The average molecular weight is 333 g/mol. The van der Waals surface area contributed by atoms with Gasteiger partial charge in [-0.1, -0.05) is 28.1 Å². The van der Waals surface area contributed by atoms with Gasteiger partial charge in [0.25, 0.3) is 0 Å². The number of carbonyl (C=O) groups is 1. The molecule has 0 heterocycles. The van der Waals surface area contributed by atoms with E-state index in [1.54, 1.807) is 25.3 Å². The summed E-state index contributed by atoms with van der Waals surface area (Å²) in [5.74, 6) is 0.875. The van der Waals surface area contributed by atoms with Crippen molar-refractivity contribution < 1.29 is 14.3 Å². The van der Waals surface area contributed by atoms with E-state index in [-0.39, 0.29) is 0 Å². The number of rotatable bonds is 4. The number of carbonyl (C=O) groups excluding carboxylic acids is 1. The number of hydrogen-bond donors (Lipinski definition) is 0. The summed E-state index contributed by atoms with van der Waals surface area (Å²) >= 11 is 3.32. The number of halogens is 1. The molecule has 0 bridgehead atoms. The van der Waals surface area contributed by atoms with Gasteiger partial charge in [-0.05, 0) is 48.0 Å². The summed E-state index contributed by atoms with van der Waals surface area (Å²) < 4.78 is 11.2. The molecule has 0 fully saturated rings. The molecule has 0 spiro atoms. The molecule has 102 valence electrons. The van der Waals surface area contributed by atoms with Gasteiger partial charge in [-0.3, -0.25) is 0 Å². The molecule has 0 saturated carbocycles. The van der Waals surface area contributed by atoms with Crippen molar-refractivity contribution in [1.82, 2.24) is 0 Å². The molecule has 20 heavy (non-hydrogen) atoms. The van der Waals surface area contributed by atoms with Crippen molar-refractivity contribution in [2.24, 2.45) is 0 Å². The molecule has 4 heteroatoms. The minimum Gasteiger partial charge on any atom is -0.497 e. The Labute approximate surface area is 126 Å². The first-order chi connectivity index (χ1) is 9.67. The van der Waals surface area contributed by atoms with Crippen LogP contribution in [0.2, 0.25) is 0 Å². The molecule has 0 amide bonds. The van der Waals surface area contributed by atoms with Crippen molar-refractivity contribution in [1.29, 1.82) is 0 Å². The molecule has 2 rings (SSSR count). The quantitative estimate of drug-likeness (QED) is 0.481. The van der Waals surface area contributed by atoms with E-state index in [0.29, 0.717) is 5.75 Å². The van der Waals surface area contributed by atoms with E-state index in [2.05, 4.69) is 15.9 Å². The molecule has 2 aromatic carbocycles. The minimum atomic E-state index is -0.414. The highest BCUT2D eigenvalue weighted by Gasteiger charge is 2.00. The van der Waals surface area contributed by atoms with Crippen LogP contribution in [0.3, 0.4) is 0 Å². The van der Waals surface area contributed by atoms with E-state index in [0.717, 1.165) is 15.8 Å². The van der Waals surface area contributed by atoms with Gasteiger partial charge in [-0.25, -0.2) is 4.79 Å². The van der Waals surface area contributed by atoms with Gasteiger partial charge in [0.15, 0.2) is 0 Å². The van der Waals surface area contributed by atoms with E-state index >= 15 is 0 Å². The molecule has 0 aliphatic heterocycles. The zero-order chi connectivity index (χ0) is 14.4. The van der Waals surface area contributed by atoms with E-state index < -0.39 is 5.97 Å². The fraction of sp³-hybridized carbons (Fsp3) is 0.0625. The third-order valence-corrected chi connectivity index (χ3v) is 3.09. The highest BCUT2D eigenvalue weighted by atomic mass is 79.9. The minimum absolute atomic E-state index is 0.414. The first kappa shape index (κ1) is 14.3. The predicted octanol–water partition coefficient (Wildman–Crippen LogP) is 4.08. The Morgan fingerprint density at radius 2 is 1.60 bits per heavy atom. The second-order valence-corrected chi connectivity index (χ2v) is 4.90. The van der Waals surface area contributed by atoms with E-state index in [4.69, 9.17) is 9.47 Å². The van der Waals surface area contributed by atoms with Gasteiger partial charge in [0.1, 0.15) is 11.5 Å². The summed E-state index contributed by atoms with van der Waals surface area (Å²) in [5, 5.41) is 0. The summed E-state index contributed by atoms with van der Waals surface area (Å²) in [5.41, 5.74) is 0.901. The van der Waals surface area contributed by atoms with Crippen LogP contribution in [0.4, 0.5) is 0 Å². The van der Waals surface area contributed by atoms with Gasteiger partial charge < -0.3 is 9.47 Å². The second kappa shape index (κ2) is 6.91. The van der Waals surface area contributed by atoms with Crippen LogP contribution in [0, 0.1) is 0 Å². The van der Waals surface area contributed by atoms with Crippen LogP contribution in [-0.4, -0.2) is 13.1 Å². The number of hydrogen-bond acceptors (Lipinski definition) is 3. The fourth-order valence-electron chi connectivity index (χ4n) is 1.53. The van der Waals surface area contributed by atoms with Gasteiger partial charge >= 0.3 is 5.97 Å². The third-order valence-electron chi connectivity index (χ3n) is 2.56. The van der Waals surface area contributed by atoms with Crippen molar-refractivity contribution >= 4 is 28.0 Å². The van der Waals surface area contributed by atoms with Gasteiger partial charge in [-0.2, -0.15) is 0 Å². The molecule has 0 aliphatic rings. The largest absolute Gasteiger partial charge is 0.497 e. The number of methoxy groups -OCH3 is 1. The van der Waals surface area contributed by atoms with Crippen LogP contribution >= 0.6 is 15.9 Å². The average Bonchev–Trinajstić information content (AvgIpc) is 2.48. The summed E-state index contributed by atoms with van der Waals surface area (Å²) in [6.07, 6.45) is 3.09. The van der Waals surface area contributed by atoms with E-state index in [9.17, 15) is 4.79 Å². The summed E-state index contributed by atoms with van der Waals surface area (Å²) in [4.78, 5) is 11.6. The van der Waals surface area contributed by atoms with Gasteiger partial charge in [0.05, 0.1) is 7.11 Å². The molecule has 0 atom stereocenters. The Bertz CT molecular complexity index is 601. The molecule has 2 aromatic rings. The molecule has 0 saturated heterocycles. The Kier molecular flexibility index (Phi) is 4.96. The lowest BCUT2D eigenvalue weighted by atomic mass is 10.2. The van der Waals surface area contributed by atoms with E-state index in [1.807, 2.05) is 36.4 Å². The lowest BCUT2D eigenvalue weighted by Gasteiger charge is -2.01. The predicted molar refractivity (Wildman–Crippen MR) is 81.8 cm³/mol. The molecule has 3 nitrogen and oxygen atoms in total. The normalized spacial score (nSPS) is 10.5. The molecule has 0 N–H and O–H groups in total. The summed E-state index contributed by atoms with van der Waals surface area (Å²) in [6.45, 7) is 0. The first-order valence-corrected chi connectivity index (χ1v) is 6.76. The summed E-state index contributed by atoms with van der Waals surface area (Å²) in [6, 6.07) is 14.5. The lowest BCUT2D eigenvalue weighted by molar-refractivity contribution is -0.128. The maximum absolute atomic E-state index is 11.6.